The third-order valence-electron chi connectivity index (χ3n) is 11.5. The molecule has 325 valence electrons. The zero-order valence-corrected chi connectivity index (χ0v) is 42.5. The van der Waals surface area contributed by atoms with Gasteiger partial charge in [-0.1, -0.05) is 127 Å². The van der Waals surface area contributed by atoms with Gasteiger partial charge in [-0.3, -0.25) is 4.98 Å². The SMILES string of the molecule is Cc1ccc2c(n1)sc1c[c-]c(-c3nc4ccccc4n3-c3c(C(C)C)cc(-c4ccccc4)cc3C(C)C)cc12.[2H]c1[c-]c(-c2cc(CC(C)C)c([Si](C)(C)C)cn2)cc([2H])c1C#N.[Ir]. The van der Waals surface area contributed by atoms with Crippen LogP contribution in [0, 0.1) is 36.3 Å². The van der Waals surface area contributed by atoms with E-state index >= 15 is 0 Å². The number of imidazole rings is 1. The van der Waals surface area contributed by atoms with Crippen molar-refractivity contribution in [3.63, 3.8) is 0 Å². The average molecular weight is 1050 g/mol. The maximum absolute atomic E-state index is 9.01. The van der Waals surface area contributed by atoms with Gasteiger partial charge in [0.1, 0.15) is 4.83 Å². The van der Waals surface area contributed by atoms with Crippen LogP contribution < -0.4 is 5.19 Å². The van der Waals surface area contributed by atoms with Crippen LogP contribution in [-0.2, 0) is 26.5 Å². The fourth-order valence-electron chi connectivity index (χ4n) is 8.34. The molecule has 0 unspecified atom stereocenters. The summed E-state index contributed by atoms with van der Waals surface area (Å²) in [5, 5.41) is 12.8. The van der Waals surface area contributed by atoms with Crippen LogP contribution in [0.5, 0.6) is 0 Å². The predicted molar refractivity (Wildman–Crippen MR) is 269 cm³/mol. The van der Waals surface area contributed by atoms with Gasteiger partial charge in [0.05, 0.1) is 24.9 Å². The van der Waals surface area contributed by atoms with Crippen molar-refractivity contribution in [2.24, 2.45) is 5.92 Å². The van der Waals surface area contributed by atoms with Crippen molar-refractivity contribution in [2.75, 3.05) is 0 Å². The van der Waals surface area contributed by atoms with Gasteiger partial charge in [0.15, 0.2) is 0 Å². The Balaban J connectivity index is 0.000000223. The monoisotopic (exact) mass is 1050 g/mol. The van der Waals surface area contributed by atoms with Crippen molar-refractivity contribution >= 4 is 55.9 Å². The Kier molecular flexibility index (Phi) is 13.2. The van der Waals surface area contributed by atoms with Crippen LogP contribution in [0.1, 0.15) is 84.1 Å². The van der Waals surface area contributed by atoms with Gasteiger partial charge in [0.2, 0.25) is 0 Å². The number of aryl methyl sites for hydroxylation is 1. The molecule has 4 heterocycles. The minimum absolute atomic E-state index is 0. The number of aromatic nitrogens is 4. The maximum Gasteiger partial charge on any atom is 0.114 e. The van der Waals surface area contributed by atoms with Gasteiger partial charge in [-0.05, 0) is 110 Å². The van der Waals surface area contributed by atoms with E-state index in [1.807, 2.05) is 19.2 Å². The van der Waals surface area contributed by atoms with Crippen molar-refractivity contribution in [2.45, 2.75) is 86.4 Å². The fraction of sp³-hybridized carbons (Fsp3) is 0.250. The summed E-state index contributed by atoms with van der Waals surface area (Å²) in [4.78, 5) is 15.7. The fourth-order valence-corrected chi connectivity index (χ4v) is 11.0. The molecule has 9 aromatic rings. The second-order valence-corrected chi connectivity index (χ2v) is 24.6. The van der Waals surface area contributed by atoms with Gasteiger partial charge < -0.3 is 9.55 Å². The quantitative estimate of drug-likeness (QED) is 0.107. The van der Waals surface area contributed by atoms with Gasteiger partial charge in [-0.25, -0.2) is 10.2 Å². The normalized spacial score (nSPS) is 12.1. The number of benzene rings is 5. The smallest absolute Gasteiger partial charge is 0.114 e. The Labute approximate surface area is 400 Å². The molecule has 4 aromatic heterocycles. The van der Waals surface area contributed by atoms with Gasteiger partial charge in [0.25, 0.3) is 0 Å². The first kappa shape index (κ1) is 43.7. The van der Waals surface area contributed by atoms with E-state index in [4.69, 9.17) is 18.0 Å². The van der Waals surface area contributed by atoms with Gasteiger partial charge in [-0.2, -0.15) is 11.3 Å². The molecule has 8 heteroatoms. The molecule has 0 aliphatic heterocycles. The maximum atomic E-state index is 9.01. The minimum Gasteiger partial charge on any atom is -0.333 e. The molecule has 0 atom stereocenters. The first-order chi connectivity index (χ1) is 31.0. The van der Waals surface area contributed by atoms with E-state index in [0.717, 1.165) is 45.1 Å². The Bertz CT molecular complexity index is 3220. The van der Waals surface area contributed by atoms with Gasteiger partial charge in [0, 0.05) is 46.5 Å². The second kappa shape index (κ2) is 19.3. The molecule has 5 nitrogen and oxygen atoms in total. The predicted octanol–water partition coefficient (Wildman–Crippen LogP) is 14.6. The summed E-state index contributed by atoms with van der Waals surface area (Å²) >= 11 is 1.73. The van der Waals surface area contributed by atoms with E-state index in [9.17, 15) is 0 Å². The Hall–Kier alpha value is -5.55. The molecule has 0 spiro atoms. The Morgan fingerprint density at radius 1 is 0.797 bits per heavy atom. The summed E-state index contributed by atoms with van der Waals surface area (Å²) in [7, 11) is -1.49. The number of hydrogen-bond acceptors (Lipinski definition) is 5. The zero-order chi connectivity index (χ0) is 46.3. The van der Waals surface area contributed by atoms with E-state index in [1.165, 1.54) is 54.2 Å². The largest absolute Gasteiger partial charge is 0.333 e. The Morgan fingerprint density at radius 2 is 1.50 bits per heavy atom. The molecule has 5 aromatic carbocycles. The third kappa shape index (κ3) is 9.60. The van der Waals surface area contributed by atoms with Crippen molar-refractivity contribution in [1.82, 2.24) is 19.5 Å². The van der Waals surface area contributed by atoms with Crippen molar-refractivity contribution < 1.29 is 22.8 Å². The summed E-state index contributed by atoms with van der Waals surface area (Å²) in [6.45, 7) is 22.6. The molecule has 0 aliphatic carbocycles. The summed E-state index contributed by atoms with van der Waals surface area (Å²) < 4.78 is 19.4. The van der Waals surface area contributed by atoms with E-state index in [0.29, 0.717) is 23.3 Å². The van der Waals surface area contributed by atoms with Crippen molar-refractivity contribution in [1.29, 1.82) is 5.26 Å². The number of nitriles is 1. The molecule has 64 heavy (non-hydrogen) atoms. The molecule has 1 radical (unpaired) electrons. The number of fused-ring (bicyclic) bond motifs is 4. The molecular formula is C56H55IrN5SSi-2. The van der Waals surface area contributed by atoms with E-state index in [2.05, 4.69) is 180 Å². The molecular weight excluding hydrogens is 995 g/mol. The van der Waals surface area contributed by atoms with Crippen LogP contribution in [0.3, 0.4) is 0 Å². The second-order valence-electron chi connectivity index (χ2n) is 18.5. The van der Waals surface area contributed by atoms with E-state index < -0.39 is 8.07 Å². The van der Waals surface area contributed by atoms with Gasteiger partial charge in [-0.15, -0.1) is 53.5 Å². The molecule has 0 saturated carbocycles. The minimum atomic E-state index is -1.49. The summed E-state index contributed by atoms with van der Waals surface area (Å²) in [6.07, 6.45) is 2.94. The molecule has 0 fully saturated rings. The number of hydrogen-bond donors (Lipinski definition) is 0. The van der Waals surface area contributed by atoms with Crippen LogP contribution in [0.4, 0.5) is 0 Å². The van der Waals surface area contributed by atoms with Crippen LogP contribution in [-0.4, -0.2) is 27.6 Å². The molecule has 0 bridgehead atoms. The molecule has 0 saturated heterocycles. The first-order valence-electron chi connectivity index (χ1n) is 22.9. The number of para-hydroxylation sites is 2. The van der Waals surface area contributed by atoms with Crippen LogP contribution >= 0.6 is 11.3 Å². The number of pyridine rings is 2. The number of nitrogens with zero attached hydrogens (tertiary/aromatic N) is 5. The molecule has 0 N–H and O–H groups in total. The van der Waals surface area contributed by atoms with Crippen LogP contribution in [0.25, 0.3) is 70.8 Å². The van der Waals surface area contributed by atoms with E-state index in [1.54, 1.807) is 17.4 Å². The van der Waals surface area contributed by atoms with E-state index in [-0.39, 0.29) is 37.8 Å². The summed E-state index contributed by atoms with van der Waals surface area (Å²) in [5.74, 6) is 2.10. The molecule has 9 rings (SSSR count). The zero-order valence-electron chi connectivity index (χ0n) is 40.3. The molecule has 0 aliphatic rings. The van der Waals surface area contributed by atoms with Crippen molar-refractivity contribution in [3.05, 3.63) is 161 Å². The topological polar surface area (TPSA) is 67.4 Å². The first-order valence-corrected chi connectivity index (χ1v) is 26.2. The van der Waals surface area contributed by atoms with Gasteiger partial charge >= 0.3 is 0 Å². The summed E-state index contributed by atoms with van der Waals surface area (Å²) in [6, 6.07) is 44.7. The average Bonchev–Trinajstić information content (AvgIpc) is 3.83. The molecule has 0 amide bonds. The van der Waals surface area contributed by atoms with Crippen LogP contribution in [0.15, 0.2) is 121 Å². The van der Waals surface area contributed by atoms with Crippen LogP contribution in [0.2, 0.25) is 19.6 Å². The third-order valence-corrected chi connectivity index (χ3v) is 14.6. The summed E-state index contributed by atoms with van der Waals surface area (Å²) in [5.41, 5.74) is 13.2. The standard InChI is InChI=1S/C37H32N3S.C19H23N2Si.Ir/c1-22(2)29-20-27(25-11-7-6-8-12-25)21-30(23(3)4)35(29)40-33-14-10-9-13-32(33)39-36(40)26-16-18-34-31(19-26)28-17-15-24(5)38-37(28)41-34;1-14(2)10-17-11-18(21-13-19(17)22(3,4)5)16-8-6-15(12-20)7-9-16;/h6-15,17-23H,1-5H3;6-8,11,13-14H,10H2,1-5H3;/q2*-1;/i;6D,7D;. The number of thiophene rings is 1. The van der Waals surface area contributed by atoms with Crippen molar-refractivity contribution in [3.8, 4) is 45.5 Å². The number of rotatable bonds is 9. The Morgan fingerprint density at radius 3 is 2.16 bits per heavy atom.